The second-order valence-electron chi connectivity index (χ2n) is 9.34. The number of carbonyl (C=O) groups excluding carboxylic acids is 1. The molecular formula is C28H27NO7S2. The van der Waals surface area contributed by atoms with Gasteiger partial charge in [-0.2, -0.15) is 0 Å². The van der Waals surface area contributed by atoms with Gasteiger partial charge in [0.25, 0.3) is 5.91 Å². The van der Waals surface area contributed by atoms with Crippen LogP contribution in [0.1, 0.15) is 41.0 Å². The van der Waals surface area contributed by atoms with E-state index in [0.717, 1.165) is 35.3 Å². The number of phenolic OH excluding ortho intramolecular Hbond substituents is 1. The van der Waals surface area contributed by atoms with Crippen molar-refractivity contribution >= 4 is 31.6 Å². The highest BCUT2D eigenvalue weighted by molar-refractivity contribution is 7.94. The summed E-state index contributed by atoms with van der Waals surface area (Å²) in [6, 6.07) is 18.5. The number of nitrogens with one attached hydrogen (secondary N) is 1. The maximum atomic E-state index is 12.1. The number of sulfone groups is 1. The molecule has 0 saturated heterocycles. The number of hydrogen-bond acceptors (Lipinski definition) is 7. The number of carbonyl (C=O) groups is 1. The molecule has 0 aromatic heterocycles. The van der Waals surface area contributed by atoms with Gasteiger partial charge in [-0.05, 0) is 78.4 Å². The van der Waals surface area contributed by atoms with Crippen LogP contribution in [0.4, 0.5) is 0 Å². The molecule has 3 aromatic rings. The van der Waals surface area contributed by atoms with Gasteiger partial charge in [0.15, 0.2) is 11.0 Å². The highest BCUT2D eigenvalue weighted by atomic mass is 32.2. The largest absolute Gasteiger partial charge is 0.507 e. The molecular weight excluding hydrogens is 526 g/mol. The van der Waals surface area contributed by atoms with Gasteiger partial charge in [0.2, 0.25) is 0 Å². The number of rotatable bonds is 9. The van der Waals surface area contributed by atoms with E-state index in [1.54, 1.807) is 24.3 Å². The second-order valence-corrected chi connectivity index (χ2v) is 12.8. The number of phenols is 1. The molecule has 0 saturated carbocycles. The normalized spacial score (nSPS) is 18.6. The van der Waals surface area contributed by atoms with Crippen LogP contribution >= 0.6 is 0 Å². The predicted octanol–water partition coefficient (Wildman–Crippen LogP) is 4.21. The van der Waals surface area contributed by atoms with E-state index in [9.17, 15) is 22.5 Å². The lowest BCUT2D eigenvalue weighted by atomic mass is 9.92. The van der Waals surface area contributed by atoms with Crippen molar-refractivity contribution < 1.29 is 32.0 Å². The molecule has 8 nitrogen and oxygen atoms in total. The van der Waals surface area contributed by atoms with E-state index < -0.39 is 26.7 Å². The van der Waals surface area contributed by atoms with Crippen LogP contribution in [0, 0.1) is 0 Å². The average Bonchev–Trinajstić information content (AvgIpc) is 3.45. The van der Waals surface area contributed by atoms with E-state index in [0.29, 0.717) is 30.1 Å². The van der Waals surface area contributed by atoms with Gasteiger partial charge in [-0.25, -0.2) is 12.6 Å². The van der Waals surface area contributed by atoms with Crippen LogP contribution in [0.15, 0.2) is 66.7 Å². The smallest absolute Gasteiger partial charge is 0.257 e. The first kappa shape index (κ1) is 26.0. The summed E-state index contributed by atoms with van der Waals surface area (Å²) in [5.41, 5.74) is 3.55. The summed E-state index contributed by atoms with van der Waals surface area (Å²) in [5, 5.41) is 10.7. The van der Waals surface area contributed by atoms with Gasteiger partial charge in [0, 0.05) is 23.8 Å². The lowest BCUT2D eigenvalue weighted by Crippen LogP contribution is -2.16. The molecule has 0 bridgehead atoms. The van der Waals surface area contributed by atoms with Crippen molar-refractivity contribution in [2.24, 2.45) is 0 Å². The SMILES string of the molecule is CS(=O)(=O)CCCOc1ccc(Oc2cccc3c2CC[C@@H]3c2ccc(C3=CC(=O)NS3=O)c(O)c2)cc1. The Morgan fingerprint density at radius 3 is 2.53 bits per heavy atom. The lowest BCUT2D eigenvalue weighted by Gasteiger charge is -2.16. The van der Waals surface area contributed by atoms with Gasteiger partial charge in [0.1, 0.15) is 32.8 Å². The molecule has 1 aliphatic carbocycles. The van der Waals surface area contributed by atoms with Gasteiger partial charge in [0.05, 0.1) is 17.3 Å². The van der Waals surface area contributed by atoms with E-state index in [2.05, 4.69) is 10.8 Å². The molecule has 0 spiro atoms. The molecule has 3 aromatic carbocycles. The third-order valence-corrected chi connectivity index (χ3v) is 8.71. The minimum Gasteiger partial charge on any atom is -0.507 e. The van der Waals surface area contributed by atoms with Crippen LogP contribution in [-0.4, -0.2) is 42.3 Å². The Hall–Kier alpha value is -3.63. The minimum atomic E-state index is -3.00. The Morgan fingerprint density at radius 1 is 1.08 bits per heavy atom. The fraction of sp³-hybridized carbons (Fsp3) is 0.250. The molecule has 1 aliphatic heterocycles. The summed E-state index contributed by atoms with van der Waals surface area (Å²) in [5.74, 6) is 1.78. The summed E-state index contributed by atoms with van der Waals surface area (Å²) >= 11 is 0. The maximum Gasteiger partial charge on any atom is 0.257 e. The highest BCUT2D eigenvalue weighted by Gasteiger charge is 2.29. The highest BCUT2D eigenvalue weighted by Crippen LogP contribution is 2.44. The van der Waals surface area contributed by atoms with Crippen LogP contribution in [0.2, 0.25) is 0 Å². The number of aromatic hydroxyl groups is 1. The van der Waals surface area contributed by atoms with Gasteiger partial charge in [-0.15, -0.1) is 0 Å². The third-order valence-electron chi connectivity index (χ3n) is 6.55. The Morgan fingerprint density at radius 2 is 1.84 bits per heavy atom. The fourth-order valence-corrected chi connectivity index (χ4v) is 6.38. The van der Waals surface area contributed by atoms with Crippen molar-refractivity contribution in [3.05, 3.63) is 89.0 Å². The first-order chi connectivity index (χ1) is 18.2. The number of benzene rings is 3. The molecule has 2 N–H and O–H groups in total. The van der Waals surface area contributed by atoms with Crippen molar-refractivity contribution in [1.29, 1.82) is 0 Å². The van der Waals surface area contributed by atoms with Crippen molar-refractivity contribution in [3.63, 3.8) is 0 Å². The Bertz CT molecular complexity index is 1550. The first-order valence-electron chi connectivity index (χ1n) is 12.2. The first-order valence-corrected chi connectivity index (χ1v) is 15.4. The zero-order chi connectivity index (χ0) is 26.9. The molecule has 0 fully saturated rings. The predicted molar refractivity (Wildman–Crippen MR) is 145 cm³/mol. The number of amides is 1. The molecule has 0 radical (unpaired) electrons. The minimum absolute atomic E-state index is 0.0157. The van der Waals surface area contributed by atoms with Crippen LogP contribution in [-0.2, 0) is 32.0 Å². The van der Waals surface area contributed by atoms with E-state index >= 15 is 0 Å². The van der Waals surface area contributed by atoms with Gasteiger partial charge >= 0.3 is 0 Å². The summed E-state index contributed by atoms with van der Waals surface area (Å²) in [6.07, 6.45) is 4.56. The monoisotopic (exact) mass is 553 g/mol. The fourth-order valence-electron chi connectivity index (χ4n) is 4.80. The molecule has 2 aliphatic rings. The molecule has 1 amide bonds. The van der Waals surface area contributed by atoms with Crippen molar-refractivity contribution in [1.82, 2.24) is 4.72 Å². The maximum absolute atomic E-state index is 12.1. The molecule has 38 heavy (non-hydrogen) atoms. The molecule has 198 valence electrons. The number of ether oxygens (including phenoxy) is 2. The topological polar surface area (TPSA) is 119 Å². The Balaban J connectivity index is 1.28. The standard InChI is InChI=1S/C28H27NO7S2/c1-38(33,34)15-3-14-35-19-7-9-20(10-8-19)36-26-5-2-4-22-21(12-13-23(22)26)18-6-11-24(25(30)16-18)27-17-28(31)29-37(27)32/h2,4-11,16-17,21,30H,3,12-15H2,1H3,(H,29,31)/t21-,37?/m1/s1. The Labute approximate surface area is 223 Å². The molecule has 10 heteroatoms. The average molecular weight is 554 g/mol. The van der Waals surface area contributed by atoms with Crippen LogP contribution in [0.25, 0.3) is 4.91 Å². The van der Waals surface area contributed by atoms with Gasteiger partial charge in [-0.1, -0.05) is 18.2 Å². The van der Waals surface area contributed by atoms with E-state index in [-0.39, 0.29) is 22.3 Å². The quantitative estimate of drug-likeness (QED) is 0.381. The van der Waals surface area contributed by atoms with Crippen LogP contribution in [0.3, 0.4) is 0 Å². The molecule has 2 atom stereocenters. The van der Waals surface area contributed by atoms with Crippen LogP contribution < -0.4 is 14.2 Å². The summed E-state index contributed by atoms with van der Waals surface area (Å²) in [4.78, 5) is 11.8. The zero-order valence-corrected chi connectivity index (χ0v) is 22.3. The summed E-state index contributed by atoms with van der Waals surface area (Å²) in [7, 11) is -4.67. The summed E-state index contributed by atoms with van der Waals surface area (Å²) in [6.45, 7) is 0.321. The zero-order valence-electron chi connectivity index (χ0n) is 20.7. The molecule has 5 rings (SSSR count). The molecule has 1 heterocycles. The van der Waals surface area contributed by atoms with Crippen LogP contribution in [0.5, 0.6) is 23.0 Å². The van der Waals surface area contributed by atoms with Crippen molar-refractivity contribution in [2.75, 3.05) is 18.6 Å². The van der Waals surface area contributed by atoms with Gasteiger partial charge in [-0.3, -0.25) is 9.52 Å². The van der Waals surface area contributed by atoms with E-state index in [1.807, 2.05) is 30.3 Å². The van der Waals surface area contributed by atoms with E-state index in [4.69, 9.17) is 9.47 Å². The number of fused-ring (bicyclic) bond motifs is 1. The lowest BCUT2D eigenvalue weighted by molar-refractivity contribution is -0.114. The van der Waals surface area contributed by atoms with E-state index in [1.165, 1.54) is 12.3 Å². The third kappa shape index (κ3) is 5.76. The summed E-state index contributed by atoms with van der Waals surface area (Å²) < 4.78 is 48.7. The second kappa shape index (κ2) is 10.6. The Kier molecular flexibility index (Phi) is 7.27. The van der Waals surface area contributed by atoms with Crippen molar-refractivity contribution in [2.45, 2.75) is 25.2 Å². The molecule has 1 unspecified atom stereocenters. The van der Waals surface area contributed by atoms with Gasteiger partial charge < -0.3 is 14.6 Å². The van der Waals surface area contributed by atoms with Crippen molar-refractivity contribution in [3.8, 4) is 23.0 Å². The number of hydrogen-bond donors (Lipinski definition) is 2.